The molecule has 0 aromatic heterocycles. The lowest BCUT2D eigenvalue weighted by molar-refractivity contribution is -0.131. The Labute approximate surface area is 203 Å². The summed E-state index contributed by atoms with van der Waals surface area (Å²) >= 11 is 17.6. The number of nitrogens with one attached hydrogen (secondary N) is 2. The lowest BCUT2D eigenvalue weighted by Crippen LogP contribution is -2.48. The van der Waals surface area contributed by atoms with Gasteiger partial charge < -0.3 is 15.1 Å². The molecule has 0 bridgehead atoms. The van der Waals surface area contributed by atoms with Crippen LogP contribution in [-0.2, 0) is 9.59 Å². The molecule has 0 unspecified atom stereocenters. The average Bonchev–Trinajstić information content (AvgIpc) is 2.78. The summed E-state index contributed by atoms with van der Waals surface area (Å²) in [6, 6.07) is 12.7. The van der Waals surface area contributed by atoms with Crippen LogP contribution < -0.4 is 15.5 Å². The van der Waals surface area contributed by atoms with Crippen LogP contribution in [-0.4, -0.2) is 48.0 Å². The van der Waals surface area contributed by atoms with Crippen LogP contribution in [0.2, 0.25) is 10.0 Å². The fraction of sp³-hybridized carbons (Fsp3) is 0.261. The second-order valence-electron chi connectivity index (χ2n) is 7.22. The van der Waals surface area contributed by atoms with Gasteiger partial charge in [-0.25, -0.2) is 0 Å². The molecule has 1 fully saturated rings. The largest absolute Gasteiger partial charge is 0.367 e. The first-order chi connectivity index (χ1) is 15.4. The highest BCUT2D eigenvalue weighted by molar-refractivity contribution is 7.80. The van der Waals surface area contributed by atoms with Gasteiger partial charge in [0.1, 0.15) is 0 Å². The Morgan fingerprint density at radius 3 is 2.38 bits per heavy atom. The van der Waals surface area contributed by atoms with Crippen LogP contribution in [0, 0.1) is 0 Å². The first kappa shape index (κ1) is 24.0. The van der Waals surface area contributed by atoms with E-state index in [1.54, 1.807) is 24.3 Å². The highest BCUT2D eigenvalue weighted by Crippen LogP contribution is 2.29. The van der Waals surface area contributed by atoms with Crippen molar-refractivity contribution < 1.29 is 9.59 Å². The van der Waals surface area contributed by atoms with Gasteiger partial charge in [0.05, 0.1) is 10.7 Å². The fourth-order valence-corrected chi connectivity index (χ4v) is 3.97. The third-order valence-corrected chi connectivity index (χ3v) is 5.77. The van der Waals surface area contributed by atoms with Crippen LogP contribution in [0.4, 0.5) is 11.4 Å². The summed E-state index contributed by atoms with van der Waals surface area (Å²) in [6.45, 7) is 4.70. The van der Waals surface area contributed by atoms with E-state index >= 15 is 0 Å². The number of rotatable bonds is 5. The van der Waals surface area contributed by atoms with E-state index in [-0.39, 0.29) is 16.9 Å². The number of piperazine rings is 1. The van der Waals surface area contributed by atoms with Crippen molar-refractivity contribution in [1.29, 1.82) is 0 Å². The molecule has 2 aromatic carbocycles. The van der Waals surface area contributed by atoms with E-state index in [1.807, 2.05) is 36.1 Å². The van der Waals surface area contributed by atoms with Crippen molar-refractivity contribution in [3.8, 4) is 0 Å². The summed E-state index contributed by atoms with van der Waals surface area (Å²) in [5, 5.41) is 6.96. The molecule has 6 nitrogen and oxygen atoms in total. The van der Waals surface area contributed by atoms with Crippen molar-refractivity contribution in [2.75, 3.05) is 36.4 Å². The number of carbonyl (C=O) groups excluding carboxylic acids is 2. The lowest BCUT2D eigenvalue weighted by atomic mass is 10.2. The van der Waals surface area contributed by atoms with Crippen molar-refractivity contribution >= 4 is 69.8 Å². The number of benzene rings is 2. The molecular formula is C23H24Cl2N4O2S. The highest BCUT2D eigenvalue weighted by atomic mass is 35.5. The number of hydrogen-bond acceptors (Lipinski definition) is 4. The number of anilines is 2. The Hall–Kier alpha value is -2.61. The molecule has 2 N–H and O–H groups in total. The molecule has 9 heteroatoms. The number of amides is 2. The molecule has 0 spiro atoms. The smallest absolute Gasteiger partial charge is 0.250 e. The average molecular weight is 491 g/mol. The SMILES string of the molecule is CCC(=O)N1CCN(c2ccc(NC(=S)NC(=O)/C=C/c3ccc(Cl)cc3)cc2Cl)CC1. The van der Waals surface area contributed by atoms with Crippen LogP contribution >= 0.6 is 35.4 Å². The van der Waals surface area contributed by atoms with Gasteiger partial charge in [0.15, 0.2) is 5.11 Å². The third kappa shape index (κ3) is 6.69. The topological polar surface area (TPSA) is 64.7 Å². The number of carbonyl (C=O) groups is 2. The molecule has 0 atom stereocenters. The Balaban J connectivity index is 1.52. The molecule has 2 aromatic rings. The van der Waals surface area contributed by atoms with Gasteiger partial charge in [0, 0.05) is 49.4 Å². The quantitative estimate of drug-likeness (QED) is 0.474. The number of nitrogens with zero attached hydrogens (tertiary/aromatic N) is 2. The van der Waals surface area contributed by atoms with Crippen LogP contribution in [0.1, 0.15) is 18.9 Å². The van der Waals surface area contributed by atoms with E-state index in [0.717, 1.165) is 24.3 Å². The summed E-state index contributed by atoms with van der Waals surface area (Å²) in [5.74, 6) is -0.173. The molecule has 0 saturated carbocycles. The first-order valence-corrected chi connectivity index (χ1v) is 11.4. The molecule has 2 amide bonds. The highest BCUT2D eigenvalue weighted by Gasteiger charge is 2.21. The Bertz CT molecular complexity index is 1020. The molecule has 168 valence electrons. The molecule has 0 aliphatic carbocycles. The number of hydrogen-bond donors (Lipinski definition) is 2. The van der Waals surface area contributed by atoms with Crippen molar-refractivity contribution in [2.45, 2.75) is 13.3 Å². The summed E-state index contributed by atoms with van der Waals surface area (Å²) in [6.07, 6.45) is 3.60. The molecule has 0 radical (unpaired) electrons. The monoisotopic (exact) mass is 490 g/mol. The van der Waals surface area contributed by atoms with Gasteiger partial charge in [-0.15, -0.1) is 0 Å². The van der Waals surface area contributed by atoms with Crippen LogP contribution in [0.5, 0.6) is 0 Å². The standard InChI is InChI=1S/C23H24Cl2N4O2S/c1-2-22(31)29-13-11-28(12-14-29)20-9-8-18(15-19(20)25)26-23(32)27-21(30)10-5-16-3-6-17(24)7-4-16/h3-10,15H,2,11-14H2,1H3,(H2,26,27,30,32)/b10-5+. The Kier molecular flexibility index (Phi) is 8.50. The molecule has 1 saturated heterocycles. The van der Waals surface area contributed by atoms with Gasteiger partial charge in [0.2, 0.25) is 11.8 Å². The summed E-state index contributed by atoms with van der Waals surface area (Å²) in [7, 11) is 0. The molecule has 1 heterocycles. The van der Waals surface area contributed by atoms with Gasteiger partial charge in [-0.1, -0.05) is 42.3 Å². The van der Waals surface area contributed by atoms with Gasteiger partial charge in [-0.05, 0) is 54.2 Å². The number of thiocarbonyl (C=S) groups is 1. The molecule has 1 aliphatic rings. The van der Waals surface area contributed by atoms with E-state index in [4.69, 9.17) is 35.4 Å². The van der Waals surface area contributed by atoms with Gasteiger partial charge >= 0.3 is 0 Å². The maximum absolute atomic E-state index is 12.1. The zero-order chi connectivity index (χ0) is 23.1. The van der Waals surface area contributed by atoms with E-state index in [1.165, 1.54) is 6.08 Å². The summed E-state index contributed by atoms with van der Waals surface area (Å²) in [5.41, 5.74) is 2.43. The second kappa shape index (κ2) is 11.3. The minimum atomic E-state index is -0.348. The molecule has 1 aliphatic heterocycles. The van der Waals surface area contributed by atoms with E-state index < -0.39 is 0 Å². The van der Waals surface area contributed by atoms with Gasteiger partial charge in [-0.2, -0.15) is 0 Å². The Morgan fingerprint density at radius 2 is 1.75 bits per heavy atom. The van der Waals surface area contributed by atoms with Crippen molar-refractivity contribution in [3.63, 3.8) is 0 Å². The normalized spacial score (nSPS) is 13.8. The maximum atomic E-state index is 12.1. The van der Waals surface area contributed by atoms with Crippen LogP contribution in [0.15, 0.2) is 48.5 Å². The molecule has 32 heavy (non-hydrogen) atoms. The minimum absolute atomic E-state index is 0.172. The van der Waals surface area contributed by atoms with Gasteiger partial charge in [0.25, 0.3) is 0 Å². The van der Waals surface area contributed by atoms with Gasteiger partial charge in [-0.3, -0.25) is 14.9 Å². The van der Waals surface area contributed by atoms with Crippen molar-refractivity contribution in [1.82, 2.24) is 10.2 Å². The summed E-state index contributed by atoms with van der Waals surface area (Å²) < 4.78 is 0. The first-order valence-electron chi connectivity index (χ1n) is 10.2. The van der Waals surface area contributed by atoms with Crippen molar-refractivity contribution in [2.24, 2.45) is 0 Å². The van der Waals surface area contributed by atoms with E-state index in [2.05, 4.69) is 15.5 Å². The lowest BCUT2D eigenvalue weighted by Gasteiger charge is -2.36. The van der Waals surface area contributed by atoms with E-state index in [9.17, 15) is 9.59 Å². The van der Waals surface area contributed by atoms with E-state index in [0.29, 0.717) is 35.2 Å². The second-order valence-corrected chi connectivity index (χ2v) is 8.47. The maximum Gasteiger partial charge on any atom is 0.250 e. The van der Waals surface area contributed by atoms with Crippen LogP contribution in [0.3, 0.4) is 0 Å². The zero-order valence-corrected chi connectivity index (χ0v) is 19.9. The minimum Gasteiger partial charge on any atom is -0.367 e. The predicted molar refractivity (Wildman–Crippen MR) is 135 cm³/mol. The Morgan fingerprint density at radius 1 is 1.06 bits per heavy atom. The predicted octanol–water partition coefficient (Wildman–Crippen LogP) is 4.58. The van der Waals surface area contributed by atoms with Crippen molar-refractivity contribution in [3.05, 3.63) is 64.1 Å². The molecular weight excluding hydrogens is 467 g/mol. The molecule has 3 rings (SSSR count). The summed E-state index contributed by atoms with van der Waals surface area (Å²) in [4.78, 5) is 28.0. The van der Waals surface area contributed by atoms with Crippen LogP contribution in [0.25, 0.3) is 6.08 Å². The third-order valence-electron chi connectivity index (χ3n) is 5.01. The zero-order valence-electron chi connectivity index (χ0n) is 17.6. The number of halogens is 2. The fourth-order valence-electron chi connectivity index (χ4n) is 3.32.